The summed E-state index contributed by atoms with van der Waals surface area (Å²) in [6.45, 7) is 5.43. The Balaban J connectivity index is 3.26. The SMILES string of the molecule is C#CCC(CC)NCCSCC. The van der Waals surface area contributed by atoms with E-state index in [1.54, 1.807) is 0 Å². The third-order valence-corrected chi connectivity index (χ3v) is 2.64. The molecular formula is C10H19NS. The van der Waals surface area contributed by atoms with Crippen molar-refractivity contribution in [3.63, 3.8) is 0 Å². The number of hydrogen-bond donors (Lipinski definition) is 1. The molecule has 12 heavy (non-hydrogen) atoms. The molecule has 0 radical (unpaired) electrons. The second kappa shape index (κ2) is 8.96. The maximum Gasteiger partial charge on any atom is 0.0240 e. The van der Waals surface area contributed by atoms with Crippen molar-refractivity contribution in [3.05, 3.63) is 0 Å². The zero-order valence-corrected chi connectivity index (χ0v) is 8.91. The zero-order valence-electron chi connectivity index (χ0n) is 8.10. The summed E-state index contributed by atoms with van der Waals surface area (Å²) in [5.74, 6) is 5.08. The Kier molecular flexibility index (Phi) is 8.86. The molecular weight excluding hydrogens is 166 g/mol. The van der Waals surface area contributed by atoms with Gasteiger partial charge in [0, 0.05) is 24.8 Å². The van der Waals surface area contributed by atoms with Crippen LogP contribution in [0.2, 0.25) is 0 Å². The van der Waals surface area contributed by atoms with Gasteiger partial charge in [0.25, 0.3) is 0 Å². The molecule has 0 aromatic heterocycles. The predicted octanol–water partition coefficient (Wildman–Crippen LogP) is 2.13. The van der Waals surface area contributed by atoms with Crippen LogP contribution in [0.15, 0.2) is 0 Å². The molecule has 0 heterocycles. The molecule has 1 atom stereocenters. The maximum absolute atomic E-state index is 5.24. The molecule has 2 heteroatoms. The van der Waals surface area contributed by atoms with Gasteiger partial charge < -0.3 is 5.32 Å². The average molecular weight is 185 g/mol. The molecule has 0 aromatic rings. The first-order chi connectivity index (χ1) is 5.85. The van der Waals surface area contributed by atoms with Crippen molar-refractivity contribution in [1.29, 1.82) is 0 Å². The lowest BCUT2D eigenvalue weighted by molar-refractivity contribution is 0.526. The van der Waals surface area contributed by atoms with Gasteiger partial charge in [-0.3, -0.25) is 0 Å². The lowest BCUT2D eigenvalue weighted by Crippen LogP contribution is -2.29. The van der Waals surface area contributed by atoms with Gasteiger partial charge in [0.15, 0.2) is 0 Å². The average Bonchev–Trinajstić information content (AvgIpc) is 2.10. The minimum absolute atomic E-state index is 0.521. The normalized spacial score (nSPS) is 12.4. The number of hydrogen-bond acceptors (Lipinski definition) is 2. The van der Waals surface area contributed by atoms with Crippen molar-refractivity contribution in [2.75, 3.05) is 18.1 Å². The topological polar surface area (TPSA) is 12.0 Å². The van der Waals surface area contributed by atoms with Gasteiger partial charge in [0.05, 0.1) is 0 Å². The van der Waals surface area contributed by atoms with Gasteiger partial charge in [-0.05, 0) is 12.2 Å². The van der Waals surface area contributed by atoms with Crippen LogP contribution in [0.25, 0.3) is 0 Å². The highest BCUT2D eigenvalue weighted by molar-refractivity contribution is 7.99. The van der Waals surface area contributed by atoms with Crippen LogP contribution >= 0.6 is 11.8 Å². The first-order valence-electron chi connectivity index (χ1n) is 4.59. The lowest BCUT2D eigenvalue weighted by atomic mass is 10.1. The fourth-order valence-corrected chi connectivity index (χ4v) is 1.53. The van der Waals surface area contributed by atoms with Gasteiger partial charge in [0.2, 0.25) is 0 Å². The van der Waals surface area contributed by atoms with Gasteiger partial charge in [-0.15, -0.1) is 12.3 Å². The Morgan fingerprint density at radius 2 is 2.25 bits per heavy atom. The van der Waals surface area contributed by atoms with Crippen molar-refractivity contribution in [1.82, 2.24) is 5.32 Å². The number of terminal acetylenes is 1. The second-order valence-electron chi connectivity index (χ2n) is 2.66. The van der Waals surface area contributed by atoms with Gasteiger partial charge in [-0.1, -0.05) is 13.8 Å². The summed E-state index contributed by atoms with van der Waals surface area (Å²) in [6, 6.07) is 0.521. The van der Waals surface area contributed by atoms with Crippen LogP contribution in [-0.4, -0.2) is 24.1 Å². The Labute approximate surface area is 80.7 Å². The first-order valence-corrected chi connectivity index (χ1v) is 5.75. The summed E-state index contributed by atoms with van der Waals surface area (Å²) in [5.41, 5.74) is 0. The van der Waals surface area contributed by atoms with Crippen LogP contribution in [0, 0.1) is 12.3 Å². The van der Waals surface area contributed by atoms with Crippen LogP contribution in [0.1, 0.15) is 26.7 Å². The van der Waals surface area contributed by atoms with Gasteiger partial charge >= 0.3 is 0 Å². The van der Waals surface area contributed by atoms with Crippen LogP contribution in [-0.2, 0) is 0 Å². The maximum atomic E-state index is 5.24. The third kappa shape index (κ3) is 6.57. The smallest absolute Gasteiger partial charge is 0.0240 e. The van der Waals surface area contributed by atoms with Crippen molar-refractivity contribution in [3.8, 4) is 12.3 Å². The predicted molar refractivity (Wildman–Crippen MR) is 58.5 cm³/mol. The Morgan fingerprint density at radius 1 is 1.50 bits per heavy atom. The fraction of sp³-hybridized carbons (Fsp3) is 0.800. The van der Waals surface area contributed by atoms with E-state index in [1.807, 2.05) is 11.8 Å². The minimum atomic E-state index is 0.521. The molecule has 0 aliphatic heterocycles. The van der Waals surface area contributed by atoms with Gasteiger partial charge in [-0.25, -0.2) is 0 Å². The first kappa shape index (κ1) is 11.9. The van der Waals surface area contributed by atoms with Crippen LogP contribution in [0.3, 0.4) is 0 Å². The van der Waals surface area contributed by atoms with E-state index >= 15 is 0 Å². The van der Waals surface area contributed by atoms with E-state index in [-0.39, 0.29) is 0 Å². The molecule has 0 bridgehead atoms. The lowest BCUT2D eigenvalue weighted by Gasteiger charge is -2.13. The molecule has 0 fully saturated rings. The number of rotatable bonds is 7. The van der Waals surface area contributed by atoms with E-state index in [0.717, 1.165) is 19.4 Å². The highest BCUT2D eigenvalue weighted by Crippen LogP contribution is 1.99. The Morgan fingerprint density at radius 3 is 2.75 bits per heavy atom. The van der Waals surface area contributed by atoms with E-state index in [0.29, 0.717) is 6.04 Å². The van der Waals surface area contributed by atoms with Crippen LogP contribution in [0.4, 0.5) is 0 Å². The standard InChI is InChI=1S/C10H19NS/c1-4-7-10(5-2)11-8-9-12-6-3/h1,10-11H,5-9H2,2-3H3. The summed E-state index contributed by atoms with van der Waals surface area (Å²) >= 11 is 1.96. The second-order valence-corrected chi connectivity index (χ2v) is 4.06. The molecule has 0 spiro atoms. The van der Waals surface area contributed by atoms with E-state index in [9.17, 15) is 0 Å². The molecule has 0 saturated carbocycles. The molecule has 1 unspecified atom stereocenters. The summed E-state index contributed by atoms with van der Waals surface area (Å²) in [4.78, 5) is 0. The molecule has 1 nitrogen and oxygen atoms in total. The third-order valence-electron chi connectivity index (χ3n) is 1.74. The van der Waals surface area contributed by atoms with E-state index < -0.39 is 0 Å². The molecule has 70 valence electrons. The van der Waals surface area contributed by atoms with E-state index in [2.05, 4.69) is 25.1 Å². The van der Waals surface area contributed by atoms with Crippen molar-refractivity contribution in [2.45, 2.75) is 32.7 Å². The molecule has 0 aliphatic carbocycles. The molecule has 0 amide bonds. The molecule has 0 aromatic carbocycles. The summed E-state index contributed by atoms with van der Waals surface area (Å²) < 4.78 is 0. The Bertz CT molecular complexity index is 128. The summed E-state index contributed by atoms with van der Waals surface area (Å²) in [7, 11) is 0. The van der Waals surface area contributed by atoms with Crippen LogP contribution in [0.5, 0.6) is 0 Å². The van der Waals surface area contributed by atoms with Crippen molar-refractivity contribution < 1.29 is 0 Å². The highest BCUT2D eigenvalue weighted by atomic mass is 32.2. The molecule has 1 N–H and O–H groups in total. The monoisotopic (exact) mass is 185 g/mol. The van der Waals surface area contributed by atoms with E-state index in [4.69, 9.17) is 6.42 Å². The zero-order chi connectivity index (χ0) is 9.23. The molecule has 0 saturated heterocycles. The van der Waals surface area contributed by atoms with Gasteiger partial charge in [0.1, 0.15) is 0 Å². The number of nitrogens with one attached hydrogen (secondary N) is 1. The summed E-state index contributed by atoms with van der Waals surface area (Å²) in [6.07, 6.45) is 7.22. The highest BCUT2D eigenvalue weighted by Gasteiger charge is 2.01. The van der Waals surface area contributed by atoms with Crippen LogP contribution < -0.4 is 5.32 Å². The van der Waals surface area contributed by atoms with Gasteiger partial charge in [-0.2, -0.15) is 11.8 Å². The quantitative estimate of drug-likeness (QED) is 0.482. The summed E-state index contributed by atoms with van der Waals surface area (Å²) in [5, 5.41) is 3.44. The van der Waals surface area contributed by atoms with Crippen molar-refractivity contribution in [2.24, 2.45) is 0 Å². The minimum Gasteiger partial charge on any atom is -0.312 e. The molecule has 0 rings (SSSR count). The number of thioether (sulfide) groups is 1. The fourth-order valence-electron chi connectivity index (χ4n) is 0.983. The largest absolute Gasteiger partial charge is 0.312 e. The van der Waals surface area contributed by atoms with E-state index in [1.165, 1.54) is 11.5 Å². The van der Waals surface area contributed by atoms with Crippen molar-refractivity contribution >= 4 is 11.8 Å². The molecule has 0 aliphatic rings. The Hall–Kier alpha value is -0.130.